The average Bonchev–Trinajstić information content (AvgIpc) is 3.82. The minimum absolute atomic E-state index is 0.587. The van der Waals surface area contributed by atoms with Crippen molar-refractivity contribution in [1.82, 2.24) is 15.0 Å². The third-order valence-corrected chi connectivity index (χ3v) is 10.3. The van der Waals surface area contributed by atoms with Gasteiger partial charge in [-0.25, -0.2) is 15.0 Å². The van der Waals surface area contributed by atoms with E-state index in [0.717, 1.165) is 83.0 Å². The van der Waals surface area contributed by atoms with Gasteiger partial charge in [0.15, 0.2) is 17.5 Å². The Morgan fingerprint density at radius 2 is 0.927 bits per heavy atom. The van der Waals surface area contributed by atoms with Crippen molar-refractivity contribution in [2.75, 3.05) is 4.90 Å². The highest BCUT2D eigenvalue weighted by Gasteiger charge is 2.21. The van der Waals surface area contributed by atoms with Crippen LogP contribution < -0.4 is 4.90 Å². The first-order valence-corrected chi connectivity index (χ1v) is 18.3. The second kappa shape index (κ2) is 12.5. The van der Waals surface area contributed by atoms with Crippen LogP contribution in [-0.2, 0) is 0 Å². The monoisotopic (exact) mass is 706 g/mol. The summed E-state index contributed by atoms with van der Waals surface area (Å²) in [6.45, 7) is 0. The van der Waals surface area contributed by atoms with Gasteiger partial charge in [-0.05, 0) is 65.4 Å². The van der Waals surface area contributed by atoms with Crippen molar-refractivity contribution in [2.24, 2.45) is 0 Å². The summed E-state index contributed by atoms with van der Waals surface area (Å²) in [5.41, 5.74) is 8.99. The molecular weight excluding hydrogens is 677 g/mol. The molecule has 0 unspecified atom stereocenters. The van der Waals surface area contributed by atoms with E-state index < -0.39 is 0 Å². The van der Waals surface area contributed by atoms with Gasteiger partial charge >= 0.3 is 0 Å². The van der Waals surface area contributed by atoms with Crippen LogP contribution in [0.4, 0.5) is 17.1 Å². The van der Waals surface area contributed by atoms with Gasteiger partial charge in [-0.15, -0.1) is 0 Å². The van der Waals surface area contributed by atoms with E-state index in [1.54, 1.807) is 0 Å². The van der Waals surface area contributed by atoms with E-state index in [0.29, 0.717) is 17.5 Å². The highest BCUT2D eigenvalue weighted by molar-refractivity contribution is 6.13. The van der Waals surface area contributed by atoms with Crippen LogP contribution in [0.25, 0.3) is 88.8 Å². The van der Waals surface area contributed by atoms with Crippen LogP contribution >= 0.6 is 0 Å². The number of aromatic nitrogens is 3. The summed E-state index contributed by atoms with van der Waals surface area (Å²) < 4.78 is 12.9. The van der Waals surface area contributed by atoms with Crippen LogP contribution in [0.5, 0.6) is 0 Å². The second-order valence-corrected chi connectivity index (χ2v) is 13.6. The largest absolute Gasteiger partial charge is 0.456 e. The fourth-order valence-electron chi connectivity index (χ4n) is 7.69. The number of anilines is 3. The Kier molecular flexibility index (Phi) is 7.07. The Morgan fingerprint density at radius 3 is 1.73 bits per heavy atom. The summed E-state index contributed by atoms with van der Waals surface area (Å²) >= 11 is 0. The van der Waals surface area contributed by atoms with Gasteiger partial charge in [-0.3, -0.25) is 0 Å². The van der Waals surface area contributed by atoms with E-state index in [9.17, 15) is 0 Å². The molecule has 0 saturated carbocycles. The molecule has 0 amide bonds. The number of furan rings is 2. The van der Waals surface area contributed by atoms with Crippen molar-refractivity contribution >= 4 is 71.7 Å². The van der Waals surface area contributed by atoms with E-state index in [1.807, 2.05) is 84.9 Å². The standard InChI is InChI=1S/C49H30N4O2/c1-3-13-32(14-4-1)47-50-48(33-15-5-2-6-16-33)52-49(51-47)40-19-11-21-44-46(40)39-26-24-37(30-45(39)55-44)53(35-23-22-31-12-7-8-17-34(31)28-35)36-25-27-43-41(29-36)38-18-9-10-20-42(38)54-43/h1-30H. The lowest BCUT2D eigenvalue weighted by atomic mass is 10.0. The molecule has 3 aromatic heterocycles. The molecule has 0 aliphatic rings. The minimum Gasteiger partial charge on any atom is -0.456 e. The molecule has 6 nitrogen and oxygen atoms in total. The Morgan fingerprint density at radius 1 is 0.345 bits per heavy atom. The molecule has 11 aromatic rings. The first-order chi connectivity index (χ1) is 27.2. The van der Waals surface area contributed by atoms with Crippen LogP contribution in [0.2, 0.25) is 0 Å². The Hall–Kier alpha value is -7.57. The van der Waals surface area contributed by atoms with E-state index in [4.69, 9.17) is 23.8 Å². The third kappa shape index (κ3) is 5.31. The molecule has 0 atom stereocenters. The predicted molar refractivity (Wildman–Crippen MR) is 223 cm³/mol. The van der Waals surface area contributed by atoms with Crippen molar-refractivity contribution < 1.29 is 8.83 Å². The molecule has 258 valence electrons. The maximum absolute atomic E-state index is 6.68. The van der Waals surface area contributed by atoms with Gasteiger partial charge in [0.25, 0.3) is 0 Å². The van der Waals surface area contributed by atoms with Crippen LogP contribution in [0, 0.1) is 0 Å². The molecule has 0 N–H and O–H groups in total. The fourth-order valence-corrected chi connectivity index (χ4v) is 7.69. The lowest BCUT2D eigenvalue weighted by molar-refractivity contribution is 0.668. The quantitative estimate of drug-likeness (QED) is 0.171. The van der Waals surface area contributed by atoms with Crippen molar-refractivity contribution in [3.05, 3.63) is 182 Å². The normalized spacial score (nSPS) is 11.6. The lowest BCUT2D eigenvalue weighted by Gasteiger charge is -2.26. The first kappa shape index (κ1) is 31.0. The van der Waals surface area contributed by atoms with E-state index in [-0.39, 0.29) is 0 Å². The summed E-state index contributed by atoms with van der Waals surface area (Å²) in [4.78, 5) is 17.3. The Bertz CT molecular complexity index is 3170. The van der Waals surface area contributed by atoms with Gasteiger partial charge in [0, 0.05) is 61.4 Å². The van der Waals surface area contributed by atoms with Gasteiger partial charge < -0.3 is 13.7 Å². The number of benzene rings is 8. The number of para-hydroxylation sites is 1. The smallest absolute Gasteiger partial charge is 0.164 e. The summed E-state index contributed by atoms with van der Waals surface area (Å²) in [6, 6.07) is 62.2. The number of nitrogens with zero attached hydrogens (tertiary/aromatic N) is 4. The molecule has 3 heterocycles. The molecule has 0 saturated heterocycles. The maximum Gasteiger partial charge on any atom is 0.164 e. The minimum atomic E-state index is 0.587. The third-order valence-electron chi connectivity index (χ3n) is 10.3. The summed E-state index contributed by atoms with van der Waals surface area (Å²) in [5, 5.41) is 6.44. The van der Waals surface area contributed by atoms with E-state index in [2.05, 4.69) is 102 Å². The molecule has 0 spiro atoms. The van der Waals surface area contributed by atoms with Crippen molar-refractivity contribution in [3.8, 4) is 34.2 Å². The van der Waals surface area contributed by atoms with Gasteiger partial charge in [-0.2, -0.15) is 0 Å². The van der Waals surface area contributed by atoms with Crippen molar-refractivity contribution in [1.29, 1.82) is 0 Å². The molecule has 0 aliphatic carbocycles. The van der Waals surface area contributed by atoms with E-state index >= 15 is 0 Å². The topological polar surface area (TPSA) is 68.2 Å². The molecule has 55 heavy (non-hydrogen) atoms. The highest BCUT2D eigenvalue weighted by atomic mass is 16.3. The van der Waals surface area contributed by atoms with E-state index in [1.165, 1.54) is 5.39 Å². The molecule has 0 fully saturated rings. The zero-order valence-corrected chi connectivity index (χ0v) is 29.4. The molecule has 0 bridgehead atoms. The molecule has 11 rings (SSSR count). The molecule has 8 aromatic carbocycles. The van der Waals surface area contributed by atoms with Crippen LogP contribution in [-0.4, -0.2) is 15.0 Å². The van der Waals surface area contributed by atoms with Crippen LogP contribution in [0.15, 0.2) is 191 Å². The van der Waals surface area contributed by atoms with Crippen LogP contribution in [0.3, 0.4) is 0 Å². The molecule has 0 radical (unpaired) electrons. The van der Waals surface area contributed by atoms with Crippen LogP contribution in [0.1, 0.15) is 0 Å². The maximum atomic E-state index is 6.68. The Balaban J connectivity index is 1.10. The van der Waals surface area contributed by atoms with Crippen molar-refractivity contribution in [2.45, 2.75) is 0 Å². The number of hydrogen-bond acceptors (Lipinski definition) is 6. The molecular formula is C49H30N4O2. The van der Waals surface area contributed by atoms with Gasteiger partial charge in [0.05, 0.1) is 0 Å². The number of fused-ring (bicyclic) bond motifs is 7. The Labute approximate surface area is 315 Å². The molecule has 6 heteroatoms. The average molecular weight is 707 g/mol. The summed E-state index contributed by atoms with van der Waals surface area (Å²) in [5.74, 6) is 1.82. The lowest BCUT2D eigenvalue weighted by Crippen LogP contribution is -2.09. The zero-order chi connectivity index (χ0) is 36.3. The van der Waals surface area contributed by atoms with Gasteiger partial charge in [0.2, 0.25) is 0 Å². The predicted octanol–water partition coefficient (Wildman–Crippen LogP) is 13.3. The fraction of sp³-hybridized carbons (Fsp3) is 0. The van der Waals surface area contributed by atoms with Gasteiger partial charge in [0.1, 0.15) is 22.3 Å². The van der Waals surface area contributed by atoms with Crippen molar-refractivity contribution in [3.63, 3.8) is 0 Å². The highest BCUT2D eigenvalue weighted by Crippen LogP contribution is 2.43. The molecule has 0 aliphatic heterocycles. The summed E-state index contributed by atoms with van der Waals surface area (Å²) in [6.07, 6.45) is 0. The first-order valence-electron chi connectivity index (χ1n) is 18.3. The SMILES string of the molecule is c1ccc(-c2nc(-c3ccccc3)nc(-c3cccc4oc5cc(N(c6ccc7ccccc7c6)c6ccc7oc8ccccc8c7c6)ccc5c34)n2)cc1. The van der Waals surface area contributed by atoms with Gasteiger partial charge in [-0.1, -0.05) is 121 Å². The summed E-state index contributed by atoms with van der Waals surface area (Å²) in [7, 11) is 0. The number of hydrogen-bond donors (Lipinski definition) is 0. The number of rotatable bonds is 6. The second-order valence-electron chi connectivity index (χ2n) is 13.6. The zero-order valence-electron chi connectivity index (χ0n) is 29.4.